The van der Waals surface area contributed by atoms with Crippen LogP contribution >= 0.6 is 22.7 Å². The van der Waals surface area contributed by atoms with E-state index in [1.807, 2.05) is 66.0 Å². The van der Waals surface area contributed by atoms with E-state index in [4.69, 9.17) is 10.7 Å². The van der Waals surface area contributed by atoms with Gasteiger partial charge in [-0.15, -0.1) is 11.3 Å². The van der Waals surface area contributed by atoms with Crippen LogP contribution in [-0.4, -0.2) is 22.4 Å². The number of anilines is 3. The number of rotatable bonds is 8. The molecule has 5 rings (SSSR count). The molecule has 0 bridgehead atoms. The summed E-state index contributed by atoms with van der Waals surface area (Å²) in [5, 5.41) is 9.92. The van der Waals surface area contributed by atoms with Gasteiger partial charge >= 0.3 is 0 Å². The van der Waals surface area contributed by atoms with Gasteiger partial charge in [-0.05, 0) is 36.2 Å². The lowest BCUT2D eigenvalue weighted by molar-refractivity contribution is 0.102. The molecule has 5 aromatic rings. The highest BCUT2D eigenvalue weighted by molar-refractivity contribution is 7.23. The maximum absolute atomic E-state index is 12.5. The summed E-state index contributed by atoms with van der Waals surface area (Å²) in [5.74, 6) is 0.327. The Morgan fingerprint density at radius 3 is 2.49 bits per heavy atom. The van der Waals surface area contributed by atoms with Crippen molar-refractivity contribution in [1.29, 1.82) is 0 Å². The Kier molecular flexibility index (Phi) is 6.83. The van der Waals surface area contributed by atoms with E-state index in [0.717, 1.165) is 39.2 Å². The topological polar surface area (TPSA) is 92.9 Å². The van der Waals surface area contributed by atoms with Crippen LogP contribution in [0.5, 0.6) is 0 Å². The molecule has 0 unspecified atom stereocenters. The fraction of sp³-hybridized carbons (Fsp3) is 0.0741. The van der Waals surface area contributed by atoms with Crippen LogP contribution in [0.2, 0.25) is 0 Å². The summed E-state index contributed by atoms with van der Waals surface area (Å²) in [7, 11) is 0. The number of nitrogen functional groups attached to an aromatic ring is 1. The minimum Gasteiger partial charge on any atom is -0.382 e. The van der Waals surface area contributed by atoms with E-state index in [9.17, 15) is 4.79 Å². The molecule has 1 amide bonds. The largest absolute Gasteiger partial charge is 0.382 e. The number of benzene rings is 3. The van der Waals surface area contributed by atoms with Gasteiger partial charge in [0.15, 0.2) is 5.13 Å². The summed E-state index contributed by atoms with van der Waals surface area (Å²) >= 11 is 3.04. The van der Waals surface area contributed by atoms with E-state index >= 15 is 0 Å². The third kappa shape index (κ3) is 5.56. The van der Waals surface area contributed by atoms with Gasteiger partial charge in [-0.3, -0.25) is 4.79 Å². The summed E-state index contributed by atoms with van der Waals surface area (Å²) in [5.41, 5.74) is 10.6. The molecule has 0 aliphatic carbocycles. The van der Waals surface area contributed by atoms with Gasteiger partial charge in [0.25, 0.3) is 5.91 Å². The normalized spacial score (nSPS) is 10.7. The third-order valence-corrected chi connectivity index (χ3v) is 7.36. The Bertz CT molecular complexity index is 1430. The summed E-state index contributed by atoms with van der Waals surface area (Å²) in [6, 6.07) is 27.2. The van der Waals surface area contributed by atoms with Crippen LogP contribution in [0.1, 0.15) is 15.9 Å². The number of nitrogens with two attached hydrogens (primary N) is 1. The molecule has 6 nitrogen and oxygen atoms in total. The van der Waals surface area contributed by atoms with Gasteiger partial charge in [-0.1, -0.05) is 72.0 Å². The number of nitrogens with one attached hydrogen (secondary N) is 2. The van der Waals surface area contributed by atoms with Crippen LogP contribution in [-0.2, 0) is 6.42 Å². The van der Waals surface area contributed by atoms with Gasteiger partial charge in [0, 0.05) is 28.7 Å². The van der Waals surface area contributed by atoms with Crippen LogP contribution in [0.4, 0.5) is 16.6 Å². The van der Waals surface area contributed by atoms with Crippen LogP contribution in [0, 0.1) is 0 Å². The van der Waals surface area contributed by atoms with Gasteiger partial charge in [0.1, 0.15) is 15.7 Å². The summed E-state index contributed by atoms with van der Waals surface area (Å²) in [4.78, 5) is 22.6. The van der Waals surface area contributed by atoms with Gasteiger partial charge in [-0.25, -0.2) is 9.97 Å². The molecule has 0 saturated carbocycles. The number of hydrogen-bond acceptors (Lipinski definition) is 7. The highest BCUT2D eigenvalue weighted by atomic mass is 32.1. The quantitative estimate of drug-likeness (QED) is 0.230. The van der Waals surface area contributed by atoms with Crippen molar-refractivity contribution in [3.05, 3.63) is 101 Å². The molecule has 0 aliphatic heterocycles. The molecule has 0 radical (unpaired) electrons. The summed E-state index contributed by atoms with van der Waals surface area (Å²) in [6.45, 7) is 0.779. The molecule has 0 aliphatic rings. The Balaban J connectivity index is 1.27. The van der Waals surface area contributed by atoms with Crippen molar-refractivity contribution in [2.75, 3.05) is 22.9 Å². The average molecular weight is 498 g/mol. The van der Waals surface area contributed by atoms with E-state index in [2.05, 4.69) is 27.8 Å². The zero-order chi connectivity index (χ0) is 24.0. The molecule has 174 valence electrons. The van der Waals surface area contributed by atoms with E-state index in [-0.39, 0.29) is 5.91 Å². The van der Waals surface area contributed by atoms with Crippen molar-refractivity contribution in [2.45, 2.75) is 6.42 Å². The van der Waals surface area contributed by atoms with Crippen molar-refractivity contribution in [3.63, 3.8) is 0 Å². The monoisotopic (exact) mass is 497 g/mol. The minimum atomic E-state index is -0.147. The standard InChI is InChI=1S/C27H23N5OS2/c28-24-23(35-27(32-24)29-15-14-18-8-3-1-4-9-18)26-31-22(17-34-26)20-12-7-13-21(16-20)30-25(33)19-10-5-2-6-11-19/h1-13,16-17H,14-15,28H2,(H,29,32)(H,30,33). The lowest BCUT2D eigenvalue weighted by Gasteiger charge is -2.06. The minimum absolute atomic E-state index is 0.147. The predicted octanol–water partition coefficient (Wildman–Crippen LogP) is 6.42. The van der Waals surface area contributed by atoms with E-state index < -0.39 is 0 Å². The number of aromatic nitrogens is 2. The van der Waals surface area contributed by atoms with Crippen LogP contribution in [0.15, 0.2) is 90.3 Å². The summed E-state index contributed by atoms with van der Waals surface area (Å²) in [6.07, 6.45) is 0.911. The second-order valence-corrected chi connectivity index (χ2v) is 9.69. The first-order chi connectivity index (χ1) is 17.2. The lowest BCUT2D eigenvalue weighted by Crippen LogP contribution is -2.11. The molecular weight excluding hydrogens is 474 g/mol. The van der Waals surface area contributed by atoms with Crippen LogP contribution < -0.4 is 16.4 Å². The fourth-order valence-electron chi connectivity index (χ4n) is 3.58. The smallest absolute Gasteiger partial charge is 0.255 e. The molecule has 35 heavy (non-hydrogen) atoms. The van der Waals surface area contributed by atoms with Crippen molar-refractivity contribution < 1.29 is 4.79 Å². The third-order valence-electron chi connectivity index (χ3n) is 5.34. The number of hydrogen-bond donors (Lipinski definition) is 3. The van der Waals surface area contributed by atoms with Crippen molar-refractivity contribution in [1.82, 2.24) is 9.97 Å². The molecular formula is C27H23N5OS2. The maximum atomic E-state index is 12.5. The second kappa shape index (κ2) is 10.5. The molecule has 0 fully saturated rings. The Morgan fingerprint density at radius 1 is 0.914 bits per heavy atom. The van der Waals surface area contributed by atoms with Crippen molar-refractivity contribution in [3.8, 4) is 21.1 Å². The van der Waals surface area contributed by atoms with Crippen LogP contribution in [0.3, 0.4) is 0 Å². The first-order valence-corrected chi connectivity index (χ1v) is 12.8. The molecule has 0 atom stereocenters. The zero-order valence-corrected chi connectivity index (χ0v) is 20.4. The molecule has 4 N–H and O–H groups in total. The van der Waals surface area contributed by atoms with Crippen LogP contribution in [0.25, 0.3) is 21.1 Å². The van der Waals surface area contributed by atoms with E-state index in [0.29, 0.717) is 17.1 Å². The molecule has 3 aromatic carbocycles. The zero-order valence-electron chi connectivity index (χ0n) is 18.8. The van der Waals surface area contributed by atoms with Crippen molar-refractivity contribution >= 4 is 45.2 Å². The van der Waals surface area contributed by atoms with Gasteiger partial charge < -0.3 is 16.4 Å². The second-order valence-electron chi connectivity index (χ2n) is 7.83. The number of thiazole rings is 2. The molecule has 8 heteroatoms. The Hall–Kier alpha value is -4.01. The Morgan fingerprint density at radius 2 is 1.69 bits per heavy atom. The first-order valence-electron chi connectivity index (χ1n) is 11.1. The molecule has 2 heterocycles. The molecule has 0 spiro atoms. The molecule has 0 saturated heterocycles. The molecule has 2 aromatic heterocycles. The van der Waals surface area contributed by atoms with Crippen molar-refractivity contribution in [2.24, 2.45) is 0 Å². The van der Waals surface area contributed by atoms with E-state index in [1.165, 1.54) is 28.2 Å². The highest BCUT2D eigenvalue weighted by Gasteiger charge is 2.15. The van der Waals surface area contributed by atoms with Gasteiger partial charge in [0.05, 0.1) is 5.69 Å². The lowest BCUT2D eigenvalue weighted by atomic mass is 10.1. The number of amides is 1. The summed E-state index contributed by atoms with van der Waals surface area (Å²) < 4.78 is 0. The SMILES string of the molecule is Nc1nc(NCCc2ccccc2)sc1-c1nc(-c2cccc(NC(=O)c3ccccc3)c2)cs1. The van der Waals surface area contributed by atoms with E-state index in [1.54, 1.807) is 12.1 Å². The first kappa shape index (κ1) is 22.8. The van der Waals surface area contributed by atoms with Gasteiger partial charge in [0.2, 0.25) is 0 Å². The van der Waals surface area contributed by atoms with Gasteiger partial charge in [-0.2, -0.15) is 0 Å². The average Bonchev–Trinajstić information content (AvgIpc) is 3.52. The fourth-order valence-corrected chi connectivity index (χ4v) is 5.42. The number of carbonyl (C=O) groups is 1. The Labute approximate surface area is 211 Å². The number of carbonyl (C=O) groups excluding carboxylic acids is 1. The predicted molar refractivity (Wildman–Crippen MR) is 146 cm³/mol. The number of nitrogens with zero attached hydrogens (tertiary/aromatic N) is 2. The maximum Gasteiger partial charge on any atom is 0.255 e. The highest BCUT2D eigenvalue weighted by Crippen LogP contribution is 2.38.